The Hall–Kier alpha value is -1.84. The zero-order chi connectivity index (χ0) is 7.97. The van der Waals surface area contributed by atoms with Gasteiger partial charge in [0.1, 0.15) is 17.3 Å². The van der Waals surface area contributed by atoms with Gasteiger partial charge in [0.05, 0.1) is 5.39 Å². The van der Waals surface area contributed by atoms with Crippen molar-refractivity contribution in [1.82, 2.24) is 10.1 Å². The van der Waals surface area contributed by atoms with Crippen LogP contribution in [0.3, 0.4) is 0 Å². The first-order chi connectivity index (χ1) is 5.95. The van der Waals surface area contributed by atoms with E-state index in [0.717, 1.165) is 22.0 Å². The van der Waals surface area contributed by atoms with E-state index >= 15 is 0 Å². The molecule has 0 bridgehead atoms. The van der Waals surface area contributed by atoms with Gasteiger partial charge in [-0.05, 0) is 12.1 Å². The molecule has 4 nitrogen and oxygen atoms in total. The summed E-state index contributed by atoms with van der Waals surface area (Å²) < 4.78 is 9.93. The number of aromatic nitrogens is 2. The lowest BCUT2D eigenvalue weighted by Gasteiger charge is -1.84. The average molecular weight is 160 g/mol. The normalized spacial score (nSPS) is 11.3. The maximum Gasteiger partial charge on any atom is 0.182 e. The molecule has 0 radical (unpaired) electrons. The lowest BCUT2D eigenvalue weighted by Crippen LogP contribution is -1.69. The van der Waals surface area contributed by atoms with Gasteiger partial charge >= 0.3 is 0 Å². The van der Waals surface area contributed by atoms with E-state index < -0.39 is 0 Å². The number of hydrogen-bond acceptors (Lipinski definition) is 4. The highest BCUT2D eigenvalue weighted by molar-refractivity contribution is 6.00. The molecule has 4 heteroatoms. The van der Waals surface area contributed by atoms with Crippen LogP contribution in [-0.4, -0.2) is 10.1 Å². The lowest BCUT2D eigenvalue weighted by molar-refractivity contribution is 0.428. The van der Waals surface area contributed by atoms with Crippen LogP contribution >= 0.6 is 0 Å². The maximum absolute atomic E-state index is 5.11. The highest BCUT2D eigenvalue weighted by Crippen LogP contribution is 2.22. The molecule has 0 saturated carbocycles. The molecule has 3 rings (SSSR count). The Morgan fingerprint density at radius 2 is 2.25 bits per heavy atom. The Labute approximate surface area is 66.8 Å². The van der Waals surface area contributed by atoms with Gasteiger partial charge in [-0.15, -0.1) is 0 Å². The van der Waals surface area contributed by atoms with Gasteiger partial charge in [0, 0.05) is 0 Å². The molecule has 12 heavy (non-hydrogen) atoms. The van der Waals surface area contributed by atoms with Crippen LogP contribution in [-0.2, 0) is 0 Å². The summed E-state index contributed by atoms with van der Waals surface area (Å²) in [4.78, 5) is 4.05. The molecule has 0 spiro atoms. The van der Waals surface area contributed by atoms with Crippen molar-refractivity contribution < 1.29 is 8.94 Å². The van der Waals surface area contributed by atoms with E-state index in [1.807, 2.05) is 12.1 Å². The zero-order valence-corrected chi connectivity index (χ0v) is 6.02. The Kier molecular flexibility index (Phi) is 0.889. The molecule has 2 aromatic heterocycles. The van der Waals surface area contributed by atoms with E-state index in [1.165, 1.54) is 6.39 Å². The van der Waals surface area contributed by atoms with Crippen LogP contribution in [0.25, 0.3) is 22.0 Å². The summed E-state index contributed by atoms with van der Waals surface area (Å²) in [6.45, 7) is 0. The molecule has 0 atom stereocenters. The van der Waals surface area contributed by atoms with Gasteiger partial charge in [-0.25, -0.2) is 4.98 Å². The topological polar surface area (TPSA) is 52.1 Å². The minimum Gasteiger partial charge on any atom is -0.443 e. The summed E-state index contributed by atoms with van der Waals surface area (Å²) >= 11 is 0. The number of rotatable bonds is 0. The lowest BCUT2D eigenvalue weighted by atomic mass is 10.2. The monoisotopic (exact) mass is 160 g/mol. The molecule has 2 heterocycles. The van der Waals surface area contributed by atoms with Crippen molar-refractivity contribution in [2.75, 3.05) is 0 Å². The molecule has 0 aliphatic carbocycles. The first-order valence-corrected chi connectivity index (χ1v) is 3.51. The number of oxazole rings is 1. The molecule has 0 aliphatic heterocycles. The maximum atomic E-state index is 5.11. The standard InChI is InChI=1S/C8H4N2O2/c1-2-7-8(9-4-11-7)5-3-12-10-6(1)5/h1-4H. The summed E-state index contributed by atoms with van der Waals surface area (Å²) in [5.74, 6) is 0. The second-order valence-corrected chi connectivity index (χ2v) is 2.51. The van der Waals surface area contributed by atoms with E-state index in [-0.39, 0.29) is 0 Å². The van der Waals surface area contributed by atoms with Crippen LogP contribution in [0.5, 0.6) is 0 Å². The van der Waals surface area contributed by atoms with Crippen molar-refractivity contribution in [3.63, 3.8) is 0 Å². The van der Waals surface area contributed by atoms with Crippen molar-refractivity contribution in [3.05, 3.63) is 24.8 Å². The molecule has 0 fully saturated rings. The van der Waals surface area contributed by atoms with Crippen molar-refractivity contribution in [2.24, 2.45) is 0 Å². The molecule has 0 unspecified atom stereocenters. The van der Waals surface area contributed by atoms with Crippen molar-refractivity contribution in [1.29, 1.82) is 0 Å². The van der Waals surface area contributed by atoms with Gasteiger partial charge < -0.3 is 8.94 Å². The quantitative estimate of drug-likeness (QED) is 0.504. The summed E-state index contributed by atoms with van der Waals surface area (Å²) in [5, 5.41) is 4.68. The summed E-state index contributed by atoms with van der Waals surface area (Å²) in [6.07, 6.45) is 2.98. The predicted octanol–water partition coefficient (Wildman–Crippen LogP) is 1.97. The highest BCUT2D eigenvalue weighted by Gasteiger charge is 2.05. The van der Waals surface area contributed by atoms with E-state index in [9.17, 15) is 0 Å². The Balaban J connectivity index is 2.71. The largest absolute Gasteiger partial charge is 0.443 e. The summed E-state index contributed by atoms with van der Waals surface area (Å²) in [6, 6.07) is 3.67. The first-order valence-electron chi connectivity index (χ1n) is 3.51. The van der Waals surface area contributed by atoms with E-state index in [0.29, 0.717) is 0 Å². The minimum absolute atomic E-state index is 0.755. The van der Waals surface area contributed by atoms with E-state index in [1.54, 1.807) is 6.26 Å². The molecule has 1 aromatic carbocycles. The average Bonchev–Trinajstić information content (AvgIpc) is 2.71. The second kappa shape index (κ2) is 1.85. The third kappa shape index (κ3) is 0.567. The van der Waals surface area contributed by atoms with Crippen molar-refractivity contribution >= 4 is 22.0 Å². The Bertz CT molecular complexity index is 488. The zero-order valence-electron chi connectivity index (χ0n) is 6.02. The van der Waals surface area contributed by atoms with E-state index in [2.05, 4.69) is 10.1 Å². The molecule has 58 valence electrons. The molecule has 0 saturated heterocycles. The fourth-order valence-corrected chi connectivity index (χ4v) is 1.27. The Morgan fingerprint density at radius 3 is 3.25 bits per heavy atom. The Morgan fingerprint density at radius 1 is 1.25 bits per heavy atom. The SMILES string of the molecule is c1nc2c(ccc3nocc32)o1. The second-order valence-electron chi connectivity index (χ2n) is 2.51. The number of nitrogens with zero attached hydrogens (tertiary/aromatic N) is 2. The fraction of sp³-hybridized carbons (Fsp3) is 0. The predicted molar refractivity (Wildman–Crippen MR) is 41.6 cm³/mol. The van der Waals surface area contributed by atoms with E-state index in [4.69, 9.17) is 8.94 Å². The molecule has 0 N–H and O–H groups in total. The number of benzene rings is 1. The van der Waals surface area contributed by atoms with Crippen molar-refractivity contribution in [2.45, 2.75) is 0 Å². The van der Waals surface area contributed by atoms with Crippen LogP contribution in [0.2, 0.25) is 0 Å². The highest BCUT2D eigenvalue weighted by atomic mass is 16.5. The van der Waals surface area contributed by atoms with Crippen LogP contribution in [0.15, 0.2) is 33.7 Å². The third-order valence-electron chi connectivity index (χ3n) is 1.84. The molecular weight excluding hydrogens is 156 g/mol. The summed E-state index contributed by atoms with van der Waals surface area (Å²) in [5.41, 5.74) is 2.36. The molecule has 0 amide bonds. The van der Waals surface area contributed by atoms with Gasteiger partial charge in [-0.2, -0.15) is 0 Å². The molecular formula is C8H4N2O2. The number of hydrogen-bond donors (Lipinski definition) is 0. The number of fused-ring (bicyclic) bond motifs is 3. The molecule has 0 aliphatic rings. The van der Waals surface area contributed by atoms with Crippen molar-refractivity contribution in [3.8, 4) is 0 Å². The van der Waals surface area contributed by atoms with Crippen LogP contribution in [0.4, 0.5) is 0 Å². The van der Waals surface area contributed by atoms with Gasteiger partial charge in [0.2, 0.25) is 0 Å². The van der Waals surface area contributed by atoms with Crippen LogP contribution < -0.4 is 0 Å². The van der Waals surface area contributed by atoms with Gasteiger partial charge in [0.15, 0.2) is 12.0 Å². The van der Waals surface area contributed by atoms with Crippen LogP contribution in [0, 0.1) is 0 Å². The van der Waals surface area contributed by atoms with Gasteiger partial charge in [-0.3, -0.25) is 0 Å². The van der Waals surface area contributed by atoms with Gasteiger partial charge in [-0.1, -0.05) is 5.16 Å². The summed E-state index contributed by atoms with van der Waals surface area (Å²) in [7, 11) is 0. The molecule has 3 aromatic rings. The smallest absolute Gasteiger partial charge is 0.182 e. The van der Waals surface area contributed by atoms with Crippen LogP contribution in [0.1, 0.15) is 0 Å². The fourth-order valence-electron chi connectivity index (χ4n) is 1.27. The van der Waals surface area contributed by atoms with Gasteiger partial charge in [0.25, 0.3) is 0 Å². The third-order valence-corrected chi connectivity index (χ3v) is 1.84. The first kappa shape index (κ1) is 5.77. The minimum atomic E-state index is 0.755.